The highest BCUT2D eigenvalue weighted by molar-refractivity contribution is 6.38. The van der Waals surface area contributed by atoms with Crippen molar-refractivity contribution in [1.82, 2.24) is 19.8 Å². The van der Waals surface area contributed by atoms with E-state index in [0.717, 1.165) is 19.4 Å². The number of carbonyl (C=O) groups is 1. The molecule has 0 bridgehead atoms. The monoisotopic (exact) mass is 650 g/mol. The summed E-state index contributed by atoms with van der Waals surface area (Å²) >= 11 is 13.2. The van der Waals surface area contributed by atoms with Crippen LogP contribution >= 0.6 is 23.2 Å². The van der Waals surface area contributed by atoms with Crippen LogP contribution in [0.2, 0.25) is 10.0 Å². The minimum absolute atomic E-state index is 0.00611. The lowest BCUT2D eigenvalue weighted by molar-refractivity contribution is -0.128. The van der Waals surface area contributed by atoms with Crippen molar-refractivity contribution < 1.29 is 18.3 Å². The Kier molecular flexibility index (Phi) is 8.78. The number of amides is 1. The number of likely N-dealkylation sites (N-methyl/N-ethyl adjacent to an activating group) is 1. The lowest BCUT2D eigenvalue weighted by Crippen LogP contribution is -2.55. The summed E-state index contributed by atoms with van der Waals surface area (Å²) in [5, 5.41) is 10.7. The van der Waals surface area contributed by atoms with Gasteiger partial charge in [-0.3, -0.25) is 4.79 Å². The third-order valence-electron chi connectivity index (χ3n) is 8.69. The quantitative estimate of drug-likeness (QED) is 0.208. The summed E-state index contributed by atoms with van der Waals surface area (Å²) in [4.78, 5) is 27.5. The third-order valence-corrected chi connectivity index (χ3v) is 9.36. The highest BCUT2D eigenvalue weighted by Crippen LogP contribution is 2.43. The van der Waals surface area contributed by atoms with Gasteiger partial charge in [0.15, 0.2) is 5.82 Å². The number of hydrogen-bond acceptors (Lipinski definition) is 7. The summed E-state index contributed by atoms with van der Waals surface area (Å²) < 4.78 is 37.5. The zero-order valence-electron chi connectivity index (χ0n) is 24.6. The zero-order valence-corrected chi connectivity index (χ0v) is 26.1. The number of anilines is 1. The molecule has 4 aromatic rings. The molecular formula is C33H30Cl2F2N6O2. The number of carbonyl (C=O) groups excluding carboxylic acids is 1. The van der Waals surface area contributed by atoms with E-state index in [1.807, 2.05) is 11.9 Å². The summed E-state index contributed by atoms with van der Waals surface area (Å²) in [7, 11) is 2.03. The Bertz CT molecular complexity index is 1870. The van der Waals surface area contributed by atoms with Crippen LogP contribution in [0.15, 0.2) is 49.1 Å². The van der Waals surface area contributed by atoms with E-state index < -0.39 is 17.7 Å². The summed E-state index contributed by atoms with van der Waals surface area (Å²) in [6, 6.07) is 11.4. The van der Waals surface area contributed by atoms with Gasteiger partial charge in [0.05, 0.1) is 28.6 Å². The van der Waals surface area contributed by atoms with Gasteiger partial charge in [-0.05, 0) is 55.6 Å². The summed E-state index contributed by atoms with van der Waals surface area (Å²) in [6.45, 7) is 5.79. The molecule has 2 atom stereocenters. The van der Waals surface area contributed by atoms with Gasteiger partial charge in [0.1, 0.15) is 23.8 Å². The zero-order chi connectivity index (χ0) is 31.8. The molecule has 12 heteroatoms. The van der Waals surface area contributed by atoms with Gasteiger partial charge in [0, 0.05) is 42.0 Å². The van der Waals surface area contributed by atoms with E-state index >= 15 is 4.39 Å². The Labute approximate surface area is 269 Å². The van der Waals surface area contributed by atoms with Crippen LogP contribution in [-0.2, 0) is 4.79 Å². The van der Waals surface area contributed by atoms with Gasteiger partial charge < -0.3 is 19.4 Å². The van der Waals surface area contributed by atoms with Gasteiger partial charge in [-0.15, -0.1) is 0 Å². The number of ether oxygens (including phenoxy) is 1. The predicted molar refractivity (Wildman–Crippen MR) is 172 cm³/mol. The first-order chi connectivity index (χ1) is 21.7. The number of fused-ring (bicyclic) bond motifs is 2. The van der Waals surface area contributed by atoms with E-state index in [0.29, 0.717) is 47.2 Å². The van der Waals surface area contributed by atoms with Crippen LogP contribution in [0.25, 0.3) is 32.8 Å². The standard InChI is InChI=1S/C33H30Cl2F2N6O2/c1-3-26(44)43-15-14-42(17-20(43)11-12-38)32-23-16-24(34)28(22-8-4-6-19-9-10-25(36)29(35)27(19)22)30(37)31(23)39-33(40-32)45-18-21-7-5-13-41(21)2/h3-4,6,8-10,16,20-21H,1,5,7,11,13-15,17-18H2,2H3/t20-,21-/m0/s1. The van der Waals surface area contributed by atoms with Gasteiger partial charge in [-0.2, -0.15) is 15.2 Å². The minimum Gasteiger partial charge on any atom is -0.462 e. The average Bonchev–Trinajstić information content (AvgIpc) is 3.45. The molecule has 0 aliphatic carbocycles. The summed E-state index contributed by atoms with van der Waals surface area (Å²) in [5.74, 6) is -1.26. The van der Waals surface area contributed by atoms with Gasteiger partial charge in [-0.1, -0.05) is 54.0 Å². The molecule has 1 aromatic heterocycles. The fourth-order valence-corrected chi connectivity index (χ4v) is 6.89. The highest BCUT2D eigenvalue weighted by atomic mass is 35.5. The number of likely N-dealkylation sites (tertiary alicyclic amines) is 1. The number of nitrogens with zero attached hydrogens (tertiary/aromatic N) is 6. The van der Waals surface area contributed by atoms with E-state index in [-0.39, 0.29) is 52.1 Å². The van der Waals surface area contributed by atoms with Crippen LogP contribution in [0.3, 0.4) is 0 Å². The molecule has 3 aromatic carbocycles. The number of halogens is 4. The predicted octanol–water partition coefficient (Wildman–Crippen LogP) is 6.62. The number of rotatable bonds is 7. The molecule has 45 heavy (non-hydrogen) atoms. The van der Waals surface area contributed by atoms with Crippen LogP contribution in [0.4, 0.5) is 14.6 Å². The maximum atomic E-state index is 16.8. The van der Waals surface area contributed by atoms with Crippen molar-refractivity contribution in [2.75, 3.05) is 44.7 Å². The highest BCUT2D eigenvalue weighted by Gasteiger charge is 2.32. The molecule has 0 radical (unpaired) electrons. The summed E-state index contributed by atoms with van der Waals surface area (Å²) in [5.41, 5.74) is 0.319. The van der Waals surface area contributed by atoms with Crippen LogP contribution in [0.1, 0.15) is 19.3 Å². The van der Waals surface area contributed by atoms with E-state index in [9.17, 15) is 14.4 Å². The first-order valence-electron chi connectivity index (χ1n) is 14.7. The molecule has 0 spiro atoms. The molecule has 8 nitrogen and oxygen atoms in total. The maximum Gasteiger partial charge on any atom is 0.319 e. The molecule has 0 N–H and O–H groups in total. The number of nitriles is 1. The molecule has 232 valence electrons. The topological polar surface area (TPSA) is 85.6 Å². The first kappa shape index (κ1) is 31.0. The normalized spacial score (nSPS) is 18.8. The molecule has 0 saturated carbocycles. The largest absolute Gasteiger partial charge is 0.462 e. The second-order valence-corrected chi connectivity index (χ2v) is 12.1. The Morgan fingerprint density at radius 1 is 1.18 bits per heavy atom. The fourth-order valence-electron chi connectivity index (χ4n) is 6.33. The fraction of sp³-hybridized carbons (Fsp3) is 0.333. The van der Waals surface area contributed by atoms with Crippen LogP contribution in [-0.4, -0.2) is 77.6 Å². The van der Waals surface area contributed by atoms with E-state index in [4.69, 9.17) is 32.9 Å². The molecule has 6 rings (SSSR count). The lowest BCUT2D eigenvalue weighted by atomic mass is 9.96. The number of hydrogen-bond donors (Lipinski definition) is 0. The average molecular weight is 652 g/mol. The Hall–Kier alpha value is -4.04. The molecule has 2 aliphatic heterocycles. The number of piperazine rings is 1. The Morgan fingerprint density at radius 2 is 2.00 bits per heavy atom. The van der Waals surface area contributed by atoms with E-state index in [1.54, 1.807) is 35.2 Å². The van der Waals surface area contributed by atoms with Crippen LogP contribution in [0, 0.1) is 23.0 Å². The lowest BCUT2D eigenvalue weighted by Gasteiger charge is -2.41. The van der Waals surface area contributed by atoms with Crippen molar-refractivity contribution >= 4 is 56.6 Å². The van der Waals surface area contributed by atoms with Crippen molar-refractivity contribution in [2.24, 2.45) is 0 Å². The molecule has 2 saturated heterocycles. The first-order valence-corrected chi connectivity index (χ1v) is 15.4. The van der Waals surface area contributed by atoms with Crippen LogP contribution in [0.5, 0.6) is 6.01 Å². The summed E-state index contributed by atoms with van der Waals surface area (Å²) in [6.07, 6.45) is 3.33. The second-order valence-electron chi connectivity index (χ2n) is 11.3. The van der Waals surface area contributed by atoms with Crippen molar-refractivity contribution in [3.8, 4) is 23.2 Å². The van der Waals surface area contributed by atoms with Gasteiger partial charge in [0.25, 0.3) is 0 Å². The molecule has 2 aliphatic rings. The van der Waals surface area contributed by atoms with E-state index in [2.05, 4.69) is 22.5 Å². The second kappa shape index (κ2) is 12.8. The number of aromatic nitrogens is 2. The Morgan fingerprint density at radius 3 is 2.73 bits per heavy atom. The van der Waals surface area contributed by atoms with Crippen molar-refractivity contribution in [3.05, 3.63) is 70.7 Å². The smallest absolute Gasteiger partial charge is 0.319 e. The molecular weight excluding hydrogens is 621 g/mol. The maximum absolute atomic E-state index is 16.8. The van der Waals surface area contributed by atoms with Crippen LogP contribution < -0.4 is 9.64 Å². The van der Waals surface area contributed by atoms with E-state index in [1.165, 1.54) is 12.1 Å². The van der Waals surface area contributed by atoms with Gasteiger partial charge >= 0.3 is 6.01 Å². The van der Waals surface area contributed by atoms with Gasteiger partial charge in [-0.25, -0.2) is 8.78 Å². The SMILES string of the molecule is C=CC(=O)N1CCN(c2nc(OC[C@@H]3CCCN3C)nc3c(F)c(-c4cccc5ccc(F)c(Cl)c45)c(Cl)cc23)C[C@@H]1CC#N. The van der Waals surface area contributed by atoms with Crippen molar-refractivity contribution in [2.45, 2.75) is 31.3 Å². The molecule has 2 fully saturated rings. The van der Waals surface area contributed by atoms with Crippen molar-refractivity contribution in [3.63, 3.8) is 0 Å². The van der Waals surface area contributed by atoms with Crippen molar-refractivity contribution in [1.29, 1.82) is 5.26 Å². The Balaban J connectivity index is 1.51. The van der Waals surface area contributed by atoms with Gasteiger partial charge in [0.2, 0.25) is 5.91 Å². The minimum atomic E-state index is -0.731. The molecule has 3 heterocycles. The molecule has 1 amide bonds. The molecule has 0 unspecified atom stereocenters. The number of benzene rings is 3. The third kappa shape index (κ3) is 5.76.